The molecule has 0 aliphatic heterocycles. The molecule has 5 heteroatoms. The third-order valence-corrected chi connectivity index (χ3v) is 4.22. The molecule has 0 aliphatic rings. The summed E-state index contributed by atoms with van der Waals surface area (Å²) >= 11 is 0. The summed E-state index contributed by atoms with van der Waals surface area (Å²) in [6.07, 6.45) is -0.269. The van der Waals surface area contributed by atoms with E-state index in [-0.39, 0.29) is 11.9 Å². The molecule has 3 rings (SSSR count). The summed E-state index contributed by atoms with van der Waals surface area (Å²) in [4.78, 5) is 12.9. The van der Waals surface area contributed by atoms with Crippen molar-refractivity contribution in [1.82, 2.24) is 0 Å². The van der Waals surface area contributed by atoms with Gasteiger partial charge in [0.2, 0.25) is 0 Å². The highest BCUT2D eigenvalue weighted by molar-refractivity contribution is 5.94. The van der Waals surface area contributed by atoms with E-state index in [9.17, 15) is 9.90 Å². The number of methoxy groups -OCH3 is 1. The summed E-state index contributed by atoms with van der Waals surface area (Å²) in [5, 5.41) is 15.5. The fraction of sp³-hybridized carbons (Fsp3) is 0.227. The lowest BCUT2D eigenvalue weighted by atomic mass is 9.97. The van der Waals surface area contributed by atoms with E-state index in [4.69, 9.17) is 9.47 Å². The van der Waals surface area contributed by atoms with Gasteiger partial charge in [0, 0.05) is 11.3 Å². The van der Waals surface area contributed by atoms with Crippen LogP contribution in [-0.2, 0) is 9.53 Å². The number of fused-ring (bicyclic) bond motifs is 1. The molecule has 27 heavy (non-hydrogen) atoms. The number of aromatic hydroxyl groups is 1. The first-order valence-electron chi connectivity index (χ1n) is 8.81. The van der Waals surface area contributed by atoms with E-state index in [1.54, 1.807) is 39.2 Å². The van der Waals surface area contributed by atoms with Crippen LogP contribution in [0.4, 0.5) is 5.69 Å². The van der Waals surface area contributed by atoms with Gasteiger partial charge in [0.15, 0.2) is 6.04 Å². The number of ether oxygens (including phenoxy) is 2. The summed E-state index contributed by atoms with van der Waals surface area (Å²) < 4.78 is 10.6. The van der Waals surface area contributed by atoms with Gasteiger partial charge in [-0.1, -0.05) is 30.3 Å². The van der Waals surface area contributed by atoms with Crippen molar-refractivity contribution >= 4 is 22.4 Å². The summed E-state index contributed by atoms with van der Waals surface area (Å²) in [6, 6.07) is 17.4. The molecule has 2 N–H and O–H groups in total. The quantitative estimate of drug-likeness (QED) is 0.622. The molecule has 0 amide bonds. The minimum Gasteiger partial charge on any atom is -0.508 e. The minimum atomic E-state index is -0.855. The second-order valence-corrected chi connectivity index (χ2v) is 6.51. The van der Waals surface area contributed by atoms with Crippen molar-refractivity contribution < 1.29 is 19.4 Å². The summed E-state index contributed by atoms with van der Waals surface area (Å²) in [6.45, 7) is 3.59. The molecule has 140 valence electrons. The number of benzene rings is 3. The number of hydrogen-bond acceptors (Lipinski definition) is 5. The van der Waals surface area contributed by atoms with Gasteiger partial charge in [-0.15, -0.1) is 0 Å². The van der Waals surface area contributed by atoms with Crippen molar-refractivity contribution in [3.8, 4) is 11.5 Å². The van der Waals surface area contributed by atoms with E-state index in [1.165, 1.54) is 0 Å². The Hall–Kier alpha value is -3.21. The third kappa shape index (κ3) is 4.14. The highest BCUT2D eigenvalue weighted by Gasteiger charge is 2.28. The van der Waals surface area contributed by atoms with Crippen LogP contribution < -0.4 is 10.1 Å². The number of nitrogens with one attached hydrogen (secondary N) is 1. The molecule has 0 aromatic heterocycles. The van der Waals surface area contributed by atoms with Crippen LogP contribution in [0, 0.1) is 0 Å². The zero-order chi connectivity index (χ0) is 19.4. The minimum absolute atomic E-state index is 0.0421. The molecule has 0 bridgehead atoms. The molecule has 0 fully saturated rings. The Kier molecular flexibility index (Phi) is 5.50. The van der Waals surface area contributed by atoms with Crippen molar-refractivity contribution in [3.05, 3.63) is 66.2 Å². The largest absolute Gasteiger partial charge is 0.508 e. The fourth-order valence-corrected chi connectivity index (χ4v) is 2.99. The van der Waals surface area contributed by atoms with Crippen LogP contribution in [0.15, 0.2) is 60.7 Å². The number of phenols is 1. The SMILES string of the molecule is COc1ccc(NC(C(=O)OC(C)C)c2c(O)ccc3ccccc23)cc1. The number of anilines is 1. The van der Waals surface area contributed by atoms with E-state index in [0.717, 1.165) is 16.5 Å². The van der Waals surface area contributed by atoms with Gasteiger partial charge >= 0.3 is 5.97 Å². The monoisotopic (exact) mass is 365 g/mol. The van der Waals surface area contributed by atoms with E-state index in [1.807, 2.05) is 42.5 Å². The van der Waals surface area contributed by atoms with E-state index < -0.39 is 12.0 Å². The second-order valence-electron chi connectivity index (χ2n) is 6.51. The Morgan fingerprint density at radius 3 is 2.37 bits per heavy atom. The van der Waals surface area contributed by atoms with Gasteiger partial charge in [-0.05, 0) is 55.0 Å². The molecule has 1 atom stereocenters. The third-order valence-electron chi connectivity index (χ3n) is 4.22. The maximum absolute atomic E-state index is 12.9. The van der Waals surface area contributed by atoms with Gasteiger partial charge < -0.3 is 19.9 Å². The molecule has 0 saturated heterocycles. The smallest absolute Gasteiger partial charge is 0.333 e. The highest BCUT2D eigenvalue weighted by Crippen LogP contribution is 2.35. The Balaban J connectivity index is 2.07. The molecule has 0 saturated carbocycles. The molecule has 0 radical (unpaired) electrons. The summed E-state index contributed by atoms with van der Waals surface area (Å²) in [5.41, 5.74) is 1.21. The lowest BCUT2D eigenvalue weighted by Gasteiger charge is -2.23. The summed E-state index contributed by atoms with van der Waals surface area (Å²) in [5.74, 6) is 0.308. The second kappa shape index (κ2) is 7.99. The van der Waals surface area contributed by atoms with Gasteiger partial charge in [-0.25, -0.2) is 4.79 Å². The average molecular weight is 365 g/mol. The summed E-state index contributed by atoms with van der Waals surface area (Å²) in [7, 11) is 1.60. The van der Waals surface area contributed by atoms with Crippen LogP contribution in [0.1, 0.15) is 25.5 Å². The first kappa shape index (κ1) is 18.6. The number of phenolic OH excluding ortho intramolecular Hbond substituents is 1. The van der Waals surface area contributed by atoms with Crippen molar-refractivity contribution in [2.75, 3.05) is 12.4 Å². The topological polar surface area (TPSA) is 67.8 Å². The standard InChI is InChI=1S/C22H23NO4/c1-14(2)27-22(25)21(23-16-9-11-17(26-3)12-10-16)20-18-7-5-4-6-15(18)8-13-19(20)24/h4-14,21,23-24H,1-3H3. The van der Waals surface area contributed by atoms with E-state index in [0.29, 0.717) is 11.3 Å². The van der Waals surface area contributed by atoms with Crippen LogP contribution in [0.2, 0.25) is 0 Å². The van der Waals surface area contributed by atoms with Crippen LogP contribution in [0.3, 0.4) is 0 Å². The fourth-order valence-electron chi connectivity index (χ4n) is 2.99. The maximum Gasteiger partial charge on any atom is 0.333 e. The van der Waals surface area contributed by atoms with Crippen molar-refractivity contribution in [1.29, 1.82) is 0 Å². The molecule has 0 spiro atoms. The van der Waals surface area contributed by atoms with Gasteiger partial charge in [0.1, 0.15) is 11.5 Å². The van der Waals surface area contributed by atoms with Crippen LogP contribution in [0.25, 0.3) is 10.8 Å². The lowest BCUT2D eigenvalue weighted by molar-refractivity contribution is -0.148. The van der Waals surface area contributed by atoms with E-state index >= 15 is 0 Å². The van der Waals surface area contributed by atoms with Crippen LogP contribution in [-0.4, -0.2) is 24.3 Å². The number of carbonyl (C=O) groups excluding carboxylic acids is 1. The number of rotatable bonds is 6. The average Bonchev–Trinajstić information content (AvgIpc) is 2.66. The molecule has 0 heterocycles. The van der Waals surface area contributed by atoms with Gasteiger partial charge in [0.05, 0.1) is 13.2 Å². The first-order chi connectivity index (χ1) is 13.0. The lowest BCUT2D eigenvalue weighted by Crippen LogP contribution is -2.26. The first-order valence-corrected chi connectivity index (χ1v) is 8.81. The van der Waals surface area contributed by atoms with Gasteiger partial charge in [-0.2, -0.15) is 0 Å². The predicted molar refractivity (Wildman–Crippen MR) is 106 cm³/mol. The van der Waals surface area contributed by atoms with Crippen LogP contribution in [0.5, 0.6) is 11.5 Å². The molecule has 5 nitrogen and oxygen atoms in total. The molecule has 1 unspecified atom stereocenters. The number of carbonyl (C=O) groups is 1. The predicted octanol–water partition coefficient (Wildman–Crippen LogP) is 4.66. The van der Waals surface area contributed by atoms with Gasteiger partial charge in [-0.3, -0.25) is 0 Å². The molecule has 0 aliphatic carbocycles. The Morgan fingerprint density at radius 1 is 1.00 bits per heavy atom. The molecular formula is C22H23NO4. The molecular weight excluding hydrogens is 342 g/mol. The van der Waals surface area contributed by atoms with Crippen molar-refractivity contribution in [3.63, 3.8) is 0 Å². The number of hydrogen-bond donors (Lipinski definition) is 2. The zero-order valence-corrected chi connectivity index (χ0v) is 15.6. The maximum atomic E-state index is 12.9. The number of esters is 1. The Bertz CT molecular complexity index is 935. The zero-order valence-electron chi connectivity index (χ0n) is 15.6. The highest BCUT2D eigenvalue weighted by atomic mass is 16.5. The van der Waals surface area contributed by atoms with Crippen molar-refractivity contribution in [2.45, 2.75) is 26.0 Å². The van der Waals surface area contributed by atoms with Crippen LogP contribution >= 0.6 is 0 Å². The molecule has 3 aromatic rings. The van der Waals surface area contributed by atoms with E-state index in [2.05, 4.69) is 5.32 Å². The van der Waals surface area contributed by atoms with Crippen molar-refractivity contribution in [2.24, 2.45) is 0 Å². The Labute approximate surface area is 158 Å². The normalized spacial score (nSPS) is 12.0. The van der Waals surface area contributed by atoms with Gasteiger partial charge in [0.25, 0.3) is 0 Å². The Morgan fingerprint density at radius 2 is 1.70 bits per heavy atom. The molecule has 3 aromatic carbocycles.